The van der Waals surface area contributed by atoms with E-state index < -0.39 is 5.97 Å². The fourth-order valence-corrected chi connectivity index (χ4v) is 1.80. The van der Waals surface area contributed by atoms with E-state index in [0.717, 1.165) is 32.2 Å². The van der Waals surface area contributed by atoms with Crippen molar-refractivity contribution >= 4 is 11.9 Å². The van der Waals surface area contributed by atoms with E-state index in [0.29, 0.717) is 17.4 Å². The van der Waals surface area contributed by atoms with Crippen molar-refractivity contribution in [3.63, 3.8) is 0 Å². The zero-order valence-corrected chi connectivity index (χ0v) is 11.9. The number of nitrogens with zero attached hydrogens (tertiary/aromatic N) is 1. The van der Waals surface area contributed by atoms with Gasteiger partial charge in [0.2, 0.25) is 5.91 Å². The van der Waals surface area contributed by atoms with E-state index >= 15 is 0 Å². The number of carboxylic acid groups (broad SMARTS) is 1. The third-order valence-corrected chi connectivity index (χ3v) is 2.83. The van der Waals surface area contributed by atoms with Crippen LogP contribution in [0.3, 0.4) is 0 Å². The number of likely N-dealkylation sites (N-methyl/N-ethyl adjacent to an activating group) is 1. The lowest BCUT2D eigenvalue weighted by Crippen LogP contribution is -2.45. The average molecular weight is 259 g/mol. The van der Waals surface area contributed by atoms with Crippen LogP contribution in [0, 0.1) is 0 Å². The minimum atomic E-state index is -0.788. The summed E-state index contributed by atoms with van der Waals surface area (Å²) in [6.07, 6.45) is 4.56. The maximum absolute atomic E-state index is 11.4. The third-order valence-electron chi connectivity index (χ3n) is 2.83. The topological polar surface area (TPSA) is 66.4 Å². The smallest absolute Gasteiger partial charge is 0.359 e. The molecule has 0 saturated heterocycles. The fourth-order valence-electron chi connectivity index (χ4n) is 1.80. The molecule has 0 fully saturated rings. The molecule has 0 saturated carbocycles. The Morgan fingerprint density at radius 1 is 1.17 bits per heavy atom. The molecular formula is C13H27N2O3+. The normalized spacial score (nSPS) is 11.3. The van der Waals surface area contributed by atoms with E-state index in [2.05, 4.69) is 12.2 Å². The van der Waals surface area contributed by atoms with Crippen LogP contribution >= 0.6 is 0 Å². The molecule has 0 aromatic rings. The van der Waals surface area contributed by atoms with Gasteiger partial charge in [-0.15, -0.1) is 0 Å². The van der Waals surface area contributed by atoms with E-state index in [1.54, 1.807) is 0 Å². The second kappa shape index (κ2) is 8.91. The summed E-state index contributed by atoms with van der Waals surface area (Å²) < 4.78 is 0.445. The summed E-state index contributed by atoms with van der Waals surface area (Å²) in [4.78, 5) is 22.0. The molecule has 2 N–H and O–H groups in total. The summed E-state index contributed by atoms with van der Waals surface area (Å²) in [5.41, 5.74) is 0. The summed E-state index contributed by atoms with van der Waals surface area (Å²) >= 11 is 0. The van der Waals surface area contributed by atoms with Crippen molar-refractivity contribution in [1.29, 1.82) is 0 Å². The Hall–Kier alpha value is -1.10. The average Bonchev–Trinajstić information content (AvgIpc) is 2.23. The highest BCUT2D eigenvalue weighted by Gasteiger charge is 2.18. The first kappa shape index (κ1) is 16.9. The fraction of sp³-hybridized carbons (Fsp3) is 0.846. The summed E-state index contributed by atoms with van der Waals surface area (Å²) in [7, 11) is 3.77. The van der Waals surface area contributed by atoms with Crippen molar-refractivity contribution in [3.05, 3.63) is 0 Å². The van der Waals surface area contributed by atoms with Crippen molar-refractivity contribution in [2.24, 2.45) is 0 Å². The summed E-state index contributed by atoms with van der Waals surface area (Å²) in [6.45, 7) is 3.61. The molecule has 5 heteroatoms. The number of carbonyl (C=O) groups excluding carboxylic acids is 1. The highest BCUT2D eigenvalue weighted by molar-refractivity contribution is 5.75. The van der Waals surface area contributed by atoms with Gasteiger partial charge >= 0.3 is 5.97 Å². The van der Waals surface area contributed by atoms with Crippen LogP contribution in [0.2, 0.25) is 0 Å². The zero-order chi connectivity index (χ0) is 14.0. The lowest BCUT2D eigenvalue weighted by atomic mass is 10.2. The highest BCUT2D eigenvalue weighted by atomic mass is 16.4. The minimum Gasteiger partial charge on any atom is -0.477 e. The maximum atomic E-state index is 11.4. The predicted molar refractivity (Wildman–Crippen MR) is 71.2 cm³/mol. The van der Waals surface area contributed by atoms with Gasteiger partial charge in [-0.2, -0.15) is 0 Å². The van der Waals surface area contributed by atoms with Gasteiger partial charge in [0.1, 0.15) is 0 Å². The van der Waals surface area contributed by atoms with Gasteiger partial charge in [0.15, 0.2) is 6.54 Å². The van der Waals surface area contributed by atoms with E-state index in [9.17, 15) is 9.59 Å². The molecule has 0 aliphatic rings. The van der Waals surface area contributed by atoms with Crippen LogP contribution in [0.5, 0.6) is 0 Å². The predicted octanol–water partition coefficient (Wildman–Crippen LogP) is 1.23. The summed E-state index contributed by atoms with van der Waals surface area (Å²) in [5.74, 6) is -0.685. The Balaban J connectivity index is 3.60. The molecule has 0 bridgehead atoms. The number of nitrogens with one attached hydrogen (secondary N) is 1. The zero-order valence-electron chi connectivity index (χ0n) is 11.9. The van der Waals surface area contributed by atoms with Crippen LogP contribution in [0.25, 0.3) is 0 Å². The lowest BCUT2D eigenvalue weighted by Gasteiger charge is -2.27. The number of aliphatic carboxylic acids is 1. The molecule has 5 nitrogen and oxygen atoms in total. The molecule has 0 rings (SSSR count). The van der Waals surface area contributed by atoms with Crippen molar-refractivity contribution in [1.82, 2.24) is 5.32 Å². The Bertz CT molecular complexity index is 265. The number of rotatable bonds is 10. The van der Waals surface area contributed by atoms with E-state index in [1.807, 2.05) is 14.1 Å². The highest BCUT2D eigenvalue weighted by Crippen LogP contribution is 2.00. The first-order valence-electron chi connectivity index (χ1n) is 6.68. The second-order valence-electron chi connectivity index (χ2n) is 5.37. The molecule has 1 amide bonds. The van der Waals surface area contributed by atoms with Gasteiger partial charge < -0.3 is 14.9 Å². The largest absolute Gasteiger partial charge is 0.477 e. The molecule has 0 spiro atoms. The van der Waals surface area contributed by atoms with Gasteiger partial charge in [-0.05, 0) is 6.42 Å². The van der Waals surface area contributed by atoms with Gasteiger partial charge in [0.05, 0.1) is 20.6 Å². The summed E-state index contributed by atoms with van der Waals surface area (Å²) in [5, 5.41) is 11.6. The minimum absolute atomic E-state index is 0.104. The monoisotopic (exact) mass is 259 g/mol. The van der Waals surface area contributed by atoms with E-state index in [-0.39, 0.29) is 12.5 Å². The van der Waals surface area contributed by atoms with Gasteiger partial charge in [-0.25, -0.2) is 4.79 Å². The van der Waals surface area contributed by atoms with Gasteiger partial charge in [-0.1, -0.05) is 19.8 Å². The molecule has 0 aromatic heterocycles. The maximum Gasteiger partial charge on any atom is 0.359 e. The number of unbranched alkanes of at least 4 members (excludes halogenated alkanes) is 2. The first-order chi connectivity index (χ1) is 8.37. The van der Waals surface area contributed by atoms with Crippen LogP contribution in [0.1, 0.15) is 39.0 Å². The van der Waals surface area contributed by atoms with Gasteiger partial charge in [0, 0.05) is 19.4 Å². The molecule has 0 unspecified atom stereocenters. The van der Waals surface area contributed by atoms with Gasteiger partial charge in [0.25, 0.3) is 0 Å². The number of hydrogen-bond acceptors (Lipinski definition) is 2. The van der Waals surface area contributed by atoms with E-state index in [1.165, 1.54) is 0 Å². The van der Waals surface area contributed by atoms with Crippen LogP contribution in [-0.4, -0.2) is 55.2 Å². The van der Waals surface area contributed by atoms with Crippen LogP contribution in [0.15, 0.2) is 0 Å². The van der Waals surface area contributed by atoms with E-state index in [4.69, 9.17) is 5.11 Å². The van der Waals surface area contributed by atoms with Crippen molar-refractivity contribution in [2.75, 3.05) is 33.7 Å². The SMILES string of the molecule is CCCCCC(=O)NCCC[N+](C)(C)CC(=O)O. The third kappa shape index (κ3) is 10.1. The Kier molecular flexibility index (Phi) is 8.37. The van der Waals surface area contributed by atoms with Crippen LogP contribution in [0.4, 0.5) is 0 Å². The molecular weight excluding hydrogens is 232 g/mol. The number of hydrogen-bond donors (Lipinski definition) is 2. The standard InChI is InChI=1S/C13H26N2O3/c1-4-5-6-8-12(16)14-9-7-10-15(2,3)11-13(17)18/h4-11H2,1-3H3,(H-,14,16,17,18)/p+1. The molecule has 0 aromatic carbocycles. The molecule has 0 heterocycles. The Morgan fingerprint density at radius 2 is 1.83 bits per heavy atom. The van der Waals surface area contributed by atoms with Gasteiger partial charge in [-0.3, -0.25) is 4.79 Å². The first-order valence-corrected chi connectivity index (χ1v) is 6.68. The number of quaternary nitrogens is 1. The number of carbonyl (C=O) groups is 2. The number of carboxylic acids is 1. The molecule has 18 heavy (non-hydrogen) atoms. The Morgan fingerprint density at radius 3 is 2.39 bits per heavy atom. The summed E-state index contributed by atoms with van der Waals surface area (Å²) in [6, 6.07) is 0. The molecule has 0 radical (unpaired) electrons. The lowest BCUT2D eigenvalue weighted by molar-refractivity contribution is -0.883. The molecule has 0 aliphatic carbocycles. The number of amides is 1. The quantitative estimate of drug-likeness (QED) is 0.458. The molecule has 0 atom stereocenters. The second-order valence-corrected chi connectivity index (χ2v) is 5.37. The van der Waals surface area contributed by atoms with Crippen LogP contribution < -0.4 is 5.32 Å². The van der Waals surface area contributed by atoms with Crippen LogP contribution in [-0.2, 0) is 9.59 Å². The Labute approximate surface area is 110 Å². The van der Waals surface area contributed by atoms with Crippen molar-refractivity contribution in [3.8, 4) is 0 Å². The van der Waals surface area contributed by atoms with Crippen molar-refractivity contribution < 1.29 is 19.2 Å². The van der Waals surface area contributed by atoms with Crippen molar-refractivity contribution in [2.45, 2.75) is 39.0 Å². The molecule has 106 valence electrons. The molecule has 0 aliphatic heterocycles.